The van der Waals surface area contributed by atoms with Crippen molar-refractivity contribution in [3.63, 3.8) is 0 Å². The zero-order valence-corrected chi connectivity index (χ0v) is 27.8. The number of thiophene rings is 1. The Kier molecular flexibility index (Phi) is 8.51. The lowest BCUT2D eigenvalue weighted by Gasteiger charge is -2.32. The van der Waals surface area contributed by atoms with E-state index >= 15 is 0 Å². The van der Waals surface area contributed by atoms with Gasteiger partial charge in [0.1, 0.15) is 4.83 Å². The van der Waals surface area contributed by atoms with Gasteiger partial charge in [0.2, 0.25) is 11.8 Å². The van der Waals surface area contributed by atoms with Crippen LogP contribution in [0.4, 0.5) is 0 Å². The average molecular weight is 603 g/mol. The highest BCUT2D eigenvalue weighted by molar-refractivity contribution is 7.19. The highest BCUT2D eigenvalue weighted by Gasteiger charge is 2.47. The van der Waals surface area contributed by atoms with E-state index in [1.54, 1.807) is 11.3 Å². The number of nitrogens with zero attached hydrogens (tertiary/aromatic N) is 2. The number of piperidine rings is 1. The largest absolute Gasteiger partial charge is 0.354 e. The monoisotopic (exact) mass is 602 g/mol. The van der Waals surface area contributed by atoms with E-state index in [2.05, 4.69) is 72.1 Å². The molecule has 1 aromatic carbocycles. The zero-order valence-electron chi connectivity index (χ0n) is 27.0. The van der Waals surface area contributed by atoms with E-state index in [4.69, 9.17) is 0 Å². The molecule has 43 heavy (non-hydrogen) atoms. The predicted molar refractivity (Wildman–Crippen MR) is 178 cm³/mol. The quantitative estimate of drug-likeness (QED) is 0.274. The normalized spacial score (nSPS) is 21.4. The minimum atomic E-state index is -0.531. The number of H-pyrrole nitrogens is 1. The molecule has 0 spiro atoms. The van der Waals surface area contributed by atoms with Crippen molar-refractivity contribution in [1.82, 2.24) is 20.1 Å². The van der Waals surface area contributed by atoms with Crippen LogP contribution >= 0.6 is 11.3 Å². The van der Waals surface area contributed by atoms with Gasteiger partial charge in [0.15, 0.2) is 0 Å². The Morgan fingerprint density at radius 3 is 2.21 bits per heavy atom. The SMILES string of the molecule is Cc1cc(C)cc(-c2[nH]c3sc(C(C)(C)C(=O)N4C5CCC4CC5)cc3c2CCN2CCC(CC(=O)NC(C)C)CC2)c1. The van der Waals surface area contributed by atoms with Gasteiger partial charge in [-0.1, -0.05) is 17.2 Å². The molecular formula is C36H50N4O2S. The van der Waals surface area contributed by atoms with Crippen LogP contribution < -0.4 is 5.32 Å². The lowest BCUT2D eigenvalue weighted by atomic mass is 9.88. The molecule has 0 radical (unpaired) electrons. The molecule has 2 amide bonds. The maximum atomic E-state index is 13.9. The summed E-state index contributed by atoms with van der Waals surface area (Å²) in [5.41, 5.74) is 5.85. The molecule has 0 atom stereocenters. The van der Waals surface area contributed by atoms with Gasteiger partial charge in [-0.05, 0) is 135 Å². The van der Waals surface area contributed by atoms with Crippen LogP contribution in [0.25, 0.3) is 21.5 Å². The third-order valence-corrected chi connectivity index (χ3v) is 11.6. The number of aryl methyl sites for hydroxylation is 2. The summed E-state index contributed by atoms with van der Waals surface area (Å²) in [4.78, 5) is 37.2. The number of hydrogen-bond donors (Lipinski definition) is 2. The first-order chi connectivity index (χ1) is 20.5. The minimum Gasteiger partial charge on any atom is -0.354 e. The first-order valence-electron chi connectivity index (χ1n) is 16.6. The van der Waals surface area contributed by atoms with Gasteiger partial charge >= 0.3 is 0 Å². The molecule has 7 heteroatoms. The molecule has 2 aromatic heterocycles. The highest BCUT2D eigenvalue weighted by Crippen LogP contribution is 2.44. The van der Waals surface area contributed by atoms with Gasteiger partial charge in [-0.3, -0.25) is 9.59 Å². The summed E-state index contributed by atoms with van der Waals surface area (Å²) in [6, 6.07) is 10.2. The van der Waals surface area contributed by atoms with E-state index < -0.39 is 5.41 Å². The van der Waals surface area contributed by atoms with Crippen LogP contribution in [-0.2, 0) is 21.4 Å². The maximum absolute atomic E-state index is 13.9. The molecule has 3 aliphatic rings. The summed E-state index contributed by atoms with van der Waals surface area (Å²) in [7, 11) is 0. The topological polar surface area (TPSA) is 68.4 Å². The fourth-order valence-electron chi connectivity index (χ4n) is 7.96. The van der Waals surface area contributed by atoms with Crippen LogP contribution in [-0.4, -0.2) is 64.4 Å². The van der Waals surface area contributed by atoms with Gasteiger partial charge in [-0.2, -0.15) is 0 Å². The summed E-state index contributed by atoms with van der Waals surface area (Å²) >= 11 is 1.77. The third-order valence-electron chi connectivity index (χ3n) is 10.3. The number of aromatic amines is 1. The Morgan fingerprint density at radius 2 is 1.60 bits per heavy atom. The van der Waals surface area contributed by atoms with Crippen LogP contribution in [0.3, 0.4) is 0 Å². The van der Waals surface area contributed by atoms with Crippen molar-refractivity contribution < 1.29 is 9.59 Å². The smallest absolute Gasteiger partial charge is 0.233 e. The molecule has 2 bridgehead atoms. The molecule has 2 N–H and O–H groups in total. The van der Waals surface area contributed by atoms with Gasteiger partial charge < -0.3 is 20.1 Å². The maximum Gasteiger partial charge on any atom is 0.233 e. The van der Waals surface area contributed by atoms with Crippen molar-refractivity contribution in [1.29, 1.82) is 0 Å². The van der Waals surface area contributed by atoms with Crippen LogP contribution in [0.5, 0.6) is 0 Å². The summed E-state index contributed by atoms with van der Waals surface area (Å²) < 4.78 is 0. The van der Waals surface area contributed by atoms with E-state index in [-0.39, 0.29) is 11.9 Å². The van der Waals surface area contributed by atoms with E-state index in [0.29, 0.717) is 30.3 Å². The number of fused-ring (bicyclic) bond motifs is 3. The first-order valence-corrected chi connectivity index (χ1v) is 17.4. The van der Waals surface area contributed by atoms with Crippen LogP contribution in [0.15, 0.2) is 24.3 Å². The van der Waals surface area contributed by atoms with Crippen molar-refractivity contribution >= 4 is 33.4 Å². The van der Waals surface area contributed by atoms with Crippen molar-refractivity contribution in [2.45, 2.75) is 116 Å². The van der Waals surface area contributed by atoms with Crippen molar-refractivity contribution in [3.8, 4) is 11.3 Å². The molecular weight excluding hydrogens is 552 g/mol. The number of aromatic nitrogens is 1. The third kappa shape index (κ3) is 6.17. The molecule has 0 saturated carbocycles. The fourth-order valence-corrected chi connectivity index (χ4v) is 9.15. The van der Waals surface area contributed by atoms with Crippen LogP contribution in [0.2, 0.25) is 0 Å². The zero-order chi connectivity index (χ0) is 30.5. The predicted octanol–water partition coefficient (Wildman–Crippen LogP) is 7.11. The summed E-state index contributed by atoms with van der Waals surface area (Å²) in [6.07, 6.45) is 8.44. The number of benzene rings is 1. The fraction of sp³-hybridized carbons (Fsp3) is 0.611. The molecule has 232 valence electrons. The Hall–Kier alpha value is -2.64. The van der Waals surface area contributed by atoms with Gasteiger partial charge in [-0.15, -0.1) is 11.3 Å². The molecule has 0 aliphatic carbocycles. The molecule has 6 nitrogen and oxygen atoms in total. The van der Waals surface area contributed by atoms with Crippen LogP contribution in [0.1, 0.15) is 94.2 Å². The Bertz CT molecular complexity index is 1450. The molecule has 6 rings (SSSR count). The molecule has 3 aromatic rings. The lowest BCUT2D eigenvalue weighted by Crippen LogP contribution is -2.45. The number of likely N-dealkylation sites (tertiary alicyclic amines) is 1. The van der Waals surface area contributed by atoms with E-state index in [1.165, 1.54) is 68.7 Å². The summed E-state index contributed by atoms with van der Waals surface area (Å²) in [5.74, 6) is 0.973. The first kappa shape index (κ1) is 30.4. The second kappa shape index (κ2) is 12.0. The number of amides is 2. The molecule has 3 saturated heterocycles. The average Bonchev–Trinajstić information content (AvgIpc) is 3.72. The minimum absolute atomic E-state index is 0.188. The van der Waals surface area contributed by atoms with E-state index in [0.717, 1.165) is 38.9 Å². The second-order valence-corrected chi connectivity index (χ2v) is 15.5. The van der Waals surface area contributed by atoms with E-state index in [9.17, 15) is 9.59 Å². The molecule has 3 aliphatic heterocycles. The Balaban J connectivity index is 1.23. The van der Waals surface area contributed by atoms with Crippen molar-refractivity contribution in [3.05, 3.63) is 45.8 Å². The number of rotatable bonds is 9. The molecule has 3 fully saturated rings. The van der Waals surface area contributed by atoms with Gasteiger partial charge in [0, 0.05) is 41.4 Å². The summed E-state index contributed by atoms with van der Waals surface area (Å²) in [5, 5.41) is 4.33. The number of hydrogen-bond acceptors (Lipinski definition) is 4. The van der Waals surface area contributed by atoms with Crippen LogP contribution in [0, 0.1) is 19.8 Å². The van der Waals surface area contributed by atoms with Crippen molar-refractivity contribution in [2.24, 2.45) is 5.92 Å². The lowest BCUT2D eigenvalue weighted by molar-refractivity contribution is -0.137. The van der Waals surface area contributed by atoms with Gasteiger partial charge in [-0.25, -0.2) is 0 Å². The van der Waals surface area contributed by atoms with Gasteiger partial charge in [0.05, 0.1) is 11.1 Å². The highest BCUT2D eigenvalue weighted by atomic mass is 32.1. The van der Waals surface area contributed by atoms with E-state index in [1.807, 2.05) is 13.8 Å². The summed E-state index contributed by atoms with van der Waals surface area (Å²) in [6.45, 7) is 15.7. The number of carbonyl (C=O) groups excluding carboxylic acids is 2. The molecule has 5 heterocycles. The Morgan fingerprint density at radius 1 is 0.977 bits per heavy atom. The van der Waals surface area contributed by atoms with Crippen molar-refractivity contribution in [2.75, 3.05) is 19.6 Å². The standard InChI is InChI=1S/C36H50N4O2S/c1-22(2)37-32(41)20-25-11-14-39(15-12-25)16-13-29-30-21-31(36(5,6)35(42)40-27-7-8-28(40)10-9-27)43-34(30)38-33(29)26-18-23(3)17-24(4)19-26/h17-19,21-22,25,27-28,38H,7-16,20H2,1-6H3,(H,37,41). The number of nitrogens with one attached hydrogen (secondary N) is 2. The number of carbonyl (C=O) groups is 2. The molecule has 0 unspecified atom stereocenters. The Labute approximate surface area is 261 Å². The second-order valence-electron chi connectivity index (χ2n) is 14.5. The van der Waals surface area contributed by atoms with Gasteiger partial charge in [0.25, 0.3) is 0 Å².